The minimum Gasteiger partial charge on any atom is -0.495 e. The monoisotopic (exact) mass is 296 g/mol. The number of carbonyl (C=O) groups is 1. The standard InChI is InChI=1S/C15H21ClN2O2/c1-20-14-5-3-12(11-13(14)16)4-6-15(19)18-9-2-7-17-8-10-18/h3,5,11,17H,2,4,6-10H2,1H3. The predicted octanol–water partition coefficient (Wildman–Crippen LogP) is 2.10. The van der Waals surface area contributed by atoms with Crippen LogP contribution in [0.3, 0.4) is 0 Å². The summed E-state index contributed by atoms with van der Waals surface area (Å²) in [7, 11) is 1.60. The number of hydrogen-bond donors (Lipinski definition) is 1. The number of carbonyl (C=O) groups excluding carboxylic acids is 1. The number of benzene rings is 1. The molecule has 0 radical (unpaired) electrons. The average Bonchev–Trinajstić information content (AvgIpc) is 2.74. The van der Waals surface area contributed by atoms with E-state index in [4.69, 9.17) is 16.3 Å². The summed E-state index contributed by atoms with van der Waals surface area (Å²) >= 11 is 6.09. The zero-order chi connectivity index (χ0) is 14.4. The van der Waals surface area contributed by atoms with E-state index in [2.05, 4.69) is 5.32 Å². The molecule has 2 rings (SSSR count). The second-order valence-electron chi connectivity index (χ2n) is 4.95. The van der Waals surface area contributed by atoms with Crippen LogP contribution in [0.4, 0.5) is 0 Å². The smallest absolute Gasteiger partial charge is 0.222 e. The van der Waals surface area contributed by atoms with Gasteiger partial charge in [-0.3, -0.25) is 4.79 Å². The number of ether oxygens (including phenoxy) is 1. The van der Waals surface area contributed by atoms with Gasteiger partial charge in [0.05, 0.1) is 12.1 Å². The Bertz CT molecular complexity index is 457. The maximum atomic E-state index is 12.2. The lowest BCUT2D eigenvalue weighted by atomic mass is 10.1. The van der Waals surface area contributed by atoms with Crippen molar-refractivity contribution in [2.24, 2.45) is 0 Å². The van der Waals surface area contributed by atoms with Gasteiger partial charge in [-0.1, -0.05) is 17.7 Å². The number of hydrogen-bond acceptors (Lipinski definition) is 3. The second-order valence-corrected chi connectivity index (χ2v) is 5.36. The van der Waals surface area contributed by atoms with Crippen molar-refractivity contribution < 1.29 is 9.53 Å². The van der Waals surface area contributed by atoms with Crippen LogP contribution in [0.15, 0.2) is 18.2 Å². The minimum atomic E-state index is 0.223. The fourth-order valence-corrected chi connectivity index (χ4v) is 2.65. The van der Waals surface area contributed by atoms with Crippen LogP contribution in [-0.2, 0) is 11.2 Å². The molecule has 0 saturated carbocycles. The molecule has 1 aromatic rings. The molecule has 1 aromatic carbocycles. The summed E-state index contributed by atoms with van der Waals surface area (Å²) in [6, 6.07) is 5.68. The zero-order valence-corrected chi connectivity index (χ0v) is 12.6. The third-order valence-corrected chi connectivity index (χ3v) is 3.83. The van der Waals surface area contributed by atoms with Crippen LogP contribution in [-0.4, -0.2) is 44.1 Å². The van der Waals surface area contributed by atoms with Crippen molar-refractivity contribution in [3.8, 4) is 5.75 Å². The Kier molecular flexibility index (Phi) is 5.68. The van der Waals surface area contributed by atoms with Gasteiger partial charge >= 0.3 is 0 Å². The van der Waals surface area contributed by atoms with Crippen molar-refractivity contribution in [2.45, 2.75) is 19.3 Å². The molecule has 20 heavy (non-hydrogen) atoms. The number of methoxy groups -OCH3 is 1. The van der Waals surface area contributed by atoms with E-state index in [1.54, 1.807) is 7.11 Å². The van der Waals surface area contributed by atoms with Crippen LogP contribution in [0.1, 0.15) is 18.4 Å². The maximum absolute atomic E-state index is 12.2. The first kappa shape index (κ1) is 15.1. The minimum absolute atomic E-state index is 0.223. The Morgan fingerprint density at radius 3 is 3.00 bits per heavy atom. The molecule has 1 aliphatic heterocycles. The number of amides is 1. The van der Waals surface area contributed by atoms with Gasteiger partial charge in [0.15, 0.2) is 0 Å². The molecule has 1 amide bonds. The Morgan fingerprint density at radius 1 is 1.40 bits per heavy atom. The Labute approximate surface area is 125 Å². The van der Waals surface area contributed by atoms with Crippen molar-refractivity contribution >= 4 is 17.5 Å². The van der Waals surface area contributed by atoms with Crippen LogP contribution < -0.4 is 10.1 Å². The van der Waals surface area contributed by atoms with E-state index in [0.29, 0.717) is 23.6 Å². The lowest BCUT2D eigenvalue weighted by Crippen LogP contribution is -2.34. The van der Waals surface area contributed by atoms with Crippen molar-refractivity contribution in [1.82, 2.24) is 10.2 Å². The number of aryl methyl sites for hydroxylation is 1. The highest BCUT2D eigenvalue weighted by Crippen LogP contribution is 2.25. The molecule has 1 N–H and O–H groups in total. The molecule has 0 atom stereocenters. The largest absolute Gasteiger partial charge is 0.495 e. The Balaban J connectivity index is 1.87. The summed E-state index contributed by atoms with van der Waals surface area (Å²) in [5.41, 5.74) is 1.07. The van der Waals surface area contributed by atoms with Crippen molar-refractivity contribution in [3.05, 3.63) is 28.8 Å². The molecule has 1 saturated heterocycles. The maximum Gasteiger partial charge on any atom is 0.222 e. The molecule has 4 nitrogen and oxygen atoms in total. The van der Waals surface area contributed by atoms with Crippen LogP contribution in [0.5, 0.6) is 5.75 Å². The van der Waals surface area contributed by atoms with Gasteiger partial charge in [-0.15, -0.1) is 0 Å². The topological polar surface area (TPSA) is 41.6 Å². The van der Waals surface area contributed by atoms with Crippen molar-refractivity contribution in [1.29, 1.82) is 0 Å². The molecule has 0 aromatic heterocycles. The van der Waals surface area contributed by atoms with E-state index < -0.39 is 0 Å². The highest BCUT2D eigenvalue weighted by Gasteiger charge is 2.15. The second kappa shape index (κ2) is 7.50. The molecule has 1 aliphatic rings. The van der Waals surface area contributed by atoms with E-state index in [1.165, 1.54) is 0 Å². The first-order valence-corrected chi connectivity index (χ1v) is 7.39. The normalized spacial score (nSPS) is 15.8. The molecule has 0 bridgehead atoms. The van der Waals surface area contributed by atoms with E-state index in [-0.39, 0.29) is 5.91 Å². The molecular formula is C15H21ClN2O2. The van der Waals surface area contributed by atoms with Gasteiger partial charge in [0, 0.05) is 26.1 Å². The number of rotatable bonds is 4. The summed E-state index contributed by atoms with van der Waals surface area (Å²) in [5, 5.41) is 3.89. The molecule has 110 valence electrons. The van der Waals surface area contributed by atoms with Gasteiger partial charge in [0.1, 0.15) is 5.75 Å². The van der Waals surface area contributed by atoms with Crippen LogP contribution in [0.25, 0.3) is 0 Å². The van der Waals surface area contributed by atoms with E-state index in [0.717, 1.165) is 38.2 Å². The molecule has 1 heterocycles. The average molecular weight is 297 g/mol. The van der Waals surface area contributed by atoms with Crippen LogP contribution in [0.2, 0.25) is 5.02 Å². The van der Waals surface area contributed by atoms with Gasteiger partial charge in [0.25, 0.3) is 0 Å². The van der Waals surface area contributed by atoms with Crippen molar-refractivity contribution in [3.63, 3.8) is 0 Å². The van der Waals surface area contributed by atoms with E-state index >= 15 is 0 Å². The first-order valence-electron chi connectivity index (χ1n) is 7.01. The fourth-order valence-electron chi connectivity index (χ4n) is 2.37. The molecule has 0 spiro atoms. The number of nitrogens with zero attached hydrogens (tertiary/aromatic N) is 1. The molecule has 0 aliphatic carbocycles. The van der Waals surface area contributed by atoms with Crippen LogP contribution in [0, 0.1) is 0 Å². The summed E-state index contributed by atoms with van der Waals surface area (Å²) in [6.07, 6.45) is 2.27. The van der Waals surface area contributed by atoms with Gasteiger partial charge in [-0.05, 0) is 37.1 Å². The third kappa shape index (κ3) is 4.12. The quantitative estimate of drug-likeness (QED) is 0.925. The molecule has 0 unspecified atom stereocenters. The fraction of sp³-hybridized carbons (Fsp3) is 0.533. The summed E-state index contributed by atoms with van der Waals surface area (Å²) in [6.45, 7) is 3.55. The summed E-state index contributed by atoms with van der Waals surface area (Å²) < 4.78 is 5.12. The van der Waals surface area contributed by atoms with Crippen LogP contribution >= 0.6 is 11.6 Å². The molecule has 1 fully saturated rings. The molecule has 5 heteroatoms. The van der Waals surface area contributed by atoms with Gasteiger partial charge < -0.3 is 15.0 Å². The zero-order valence-electron chi connectivity index (χ0n) is 11.8. The van der Waals surface area contributed by atoms with E-state index in [1.807, 2.05) is 23.1 Å². The molecular weight excluding hydrogens is 276 g/mol. The highest BCUT2D eigenvalue weighted by atomic mass is 35.5. The summed E-state index contributed by atoms with van der Waals surface area (Å²) in [5.74, 6) is 0.890. The van der Waals surface area contributed by atoms with Gasteiger partial charge in [0.2, 0.25) is 5.91 Å². The Hall–Kier alpha value is -1.26. The Morgan fingerprint density at radius 2 is 2.25 bits per heavy atom. The number of halogens is 1. The predicted molar refractivity (Wildman–Crippen MR) is 80.4 cm³/mol. The third-order valence-electron chi connectivity index (χ3n) is 3.54. The highest BCUT2D eigenvalue weighted by molar-refractivity contribution is 6.32. The van der Waals surface area contributed by atoms with Gasteiger partial charge in [-0.25, -0.2) is 0 Å². The lowest BCUT2D eigenvalue weighted by molar-refractivity contribution is -0.130. The van der Waals surface area contributed by atoms with Crippen molar-refractivity contribution in [2.75, 3.05) is 33.3 Å². The lowest BCUT2D eigenvalue weighted by Gasteiger charge is -2.19. The summed E-state index contributed by atoms with van der Waals surface area (Å²) in [4.78, 5) is 14.1. The van der Waals surface area contributed by atoms with E-state index in [9.17, 15) is 4.79 Å². The number of nitrogens with one attached hydrogen (secondary N) is 1. The first-order chi connectivity index (χ1) is 9.70. The van der Waals surface area contributed by atoms with Gasteiger partial charge in [-0.2, -0.15) is 0 Å². The SMILES string of the molecule is COc1ccc(CCC(=O)N2CCCNCC2)cc1Cl.